The van der Waals surface area contributed by atoms with Crippen LogP contribution in [0.4, 0.5) is 0 Å². The molecule has 1 heterocycles. The van der Waals surface area contributed by atoms with Crippen molar-refractivity contribution in [1.82, 2.24) is 4.90 Å². The molecule has 1 fully saturated rings. The van der Waals surface area contributed by atoms with Gasteiger partial charge in [0.2, 0.25) is 0 Å². The quantitative estimate of drug-likeness (QED) is 0.868. The van der Waals surface area contributed by atoms with Crippen LogP contribution in [-0.2, 0) is 9.53 Å². The topological polar surface area (TPSA) is 59.0 Å². The number of ether oxygens (including phenoxy) is 2. The first-order chi connectivity index (χ1) is 8.68. The number of nitrogens with zero attached hydrogens (tertiary/aromatic N) is 1. The number of hydrogen-bond acceptors (Lipinski definition) is 4. The zero-order chi connectivity index (χ0) is 13.0. The lowest BCUT2D eigenvalue weighted by Gasteiger charge is -2.26. The van der Waals surface area contributed by atoms with Crippen LogP contribution in [0.2, 0.25) is 0 Å². The minimum Gasteiger partial charge on any atom is -0.508 e. The van der Waals surface area contributed by atoms with Crippen LogP contribution in [0.5, 0.6) is 11.5 Å². The van der Waals surface area contributed by atoms with E-state index in [0.29, 0.717) is 37.6 Å². The van der Waals surface area contributed by atoms with Crippen molar-refractivity contribution in [2.24, 2.45) is 0 Å². The largest absolute Gasteiger partial charge is 0.508 e. The Morgan fingerprint density at radius 2 is 2.17 bits per heavy atom. The Labute approximate surface area is 106 Å². The number of hydrogen-bond donors (Lipinski definition) is 1. The molecule has 1 saturated heterocycles. The molecular formula is C13H17NO4. The molecule has 1 aliphatic rings. The average molecular weight is 251 g/mol. The predicted octanol–water partition coefficient (Wildman–Crippen LogP) is 0.938. The van der Waals surface area contributed by atoms with Gasteiger partial charge in [-0.2, -0.15) is 0 Å². The summed E-state index contributed by atoms with van der Waals surface area (Å²) in [5.41, 5.74) is 0.646. The number of phenolic OH excluding ortho intramolecular Hbond substituents is 1. The molecule has 0 saturated carbocycles. The molecule has 0 spiro atoms. The highest BCUT2D eigenvalue weighted by atomic mass is 16.5. The van der Waals surface area contributed by atoms with Crippen molar-refractivity contribution in [1.29, 1.82) is 0 Å². The fourth-order valence-corrected chi connectivity index (χ4v) is 1.80. The van der Waals surface area contributed by atoms with E-state index in [-0.39, 0.29) is 18.3 Å². The minimum absolute atomic E-state index is 0.00963. The average Bonchev–Trinajstić information content (AvgIpc) is 2.41. The molecule has 1 aromatic rings. The summed E-state index contributed by atoms with van der Waals surface area (Å²) >= 11 is 0. The maximum atomic E-state index is 11.9. The molecule has 0 radical (unpaired) electrons. The number of rotatable bonds is 3. The van der Waals surface area contributed by atoms with Crippen LogP contribution in [-0.4, -0.2) is 48.8 Å². The summed E-state index contributed by atoms with van der Waals surface area (Å²) in [6.45, 7) is 4.13. The Kier molecular flexibility index (Phi) is 4.04. The summed E-state index contributed by atoms with van der Waals surface area (Å²) in [6, 6.07) is 5.02. The number of morpholine rings is 1. The Hall–Kier alpha value is -1.75. The van der Waals surface area contributed by atoms with Gasteiger partial charge in [0, 0.05) is 18.7 Å². The van der Waals surface area contributed by atoms with Gasteiger partial charge in [-0.15, -0.1) is 0 Å². The summed E-state index contributed by atoms with van der Waals surface area (Å²) < 4.78 is 10.6. The lowest BCUT2D eigenvalue weighted by molar-refractivity contribution is -0.137. The highest BCUT2D eigenvalue weighted by molar-refractivity contribution is 5.77. The van der Waals surface area contributed by atoms with Crippen LogP contribution in [0.15, 0.2) is 18.2 Å². The van der Waals surface area contributed by atoms with Gasteiger partial charge in [-0.25, -0.2) is 0 Å². The van der Waals surface area contributed by atoms with Crippen molar-refractivity contribution >= 4 is 5.91 Å². The van der Waals surface area contributed by atoms with E-state index in [1.54, 1.807) is 30.0 Å². The number of benzene rings is 1. The van der Waals surface area contributed by atoms with Crippen LogP contribution < -0.4 is 4.74 Å². The van der Waals surface area contributed by atoms with E-state index in [0.717, 1.165) is 0 Å². The molecule has 0 bridgehead atoms. The number of aromatic hydroxyl groups is 1. The molecule has 2 rings (SSSR count). The molecule has 18 heavy (non-hydrogen) atoms. The van der Waals surface area contributed by atoms with Crippen molar-refractivity contribution < 1.29 is 19.4 Å². The van der Waals surface area contributed by atoms with E-state index >= 15 is 0 Å². The van der Waals surface area contributed by atoms with Crippen LogP contribution in [0, 0.1) is 6.92 Å². The molecular weight excluding hydrogens is 234 g/mol. The standard InChI is InChI=1S/C13H17NO4/c1-10-11(15)3-2-4-12(10)18-9-13(16)14-5-7-17-8-6-14/h2-4,15H,5-9H2,1H3. The first kappa shape index (κ1) is 12.7. The summed E-state index contributed by atoms with van der Waals surface area (Å²) in [5.74, 6) is 0.656. The zero-order valence-corrected chi connectivity index (χ0v) is 10.4. The van der Waals surface area contributed by atoms with Crippen LogP contribution >= 0.6 is 0 Å². The third-order valence-corrected chi connectivity index (χ3v) is 2.97. The van der Waals surface area contributed by atoms with Gasteiger partial charge in [-0.1, -0.05) is 6.07 Å². The molecule has 98 valence electrons. The molecule has 5 heteroatoms. The van der Waals surface area contributed by atoms with Gasteiger partial charge in [0.05, 0.1) is 13.2 Å². The van der Waals surface area contributed by atoms with Gasteiger partial charge in [0.15, 0.2) is 6.61 Å². The second-order valence-electron chi connectivity index (χ2n) is 4.18. The van der Waals surface area contributed by atoms with Crippen LogP contribution in [0.25, 0.3) is 0 Å². The number of carbonyl (C=O) groups excluding carboxylic acids is 1. The molecule has 1 amide bonds. The van der Waals surface area contributed by atoms with Gasteiger partial charge >= 0.3 is 0 Å². The Bertz CT molecular complexity index is 427. The fourth-order valence-electron chi connectivity index (χ4n) is 1.80. The van der Waals surface area contributed by atoms with E-state index in [4.69, 9.17) is 9.47 Å². The molecule has 0 aliphatic carbocycles. The summed E-state index contributed by atoms with van der Waals surface area (Å²) in [5, 5.41) is 9.52. The number of phenols is 1. The van der Waals surface area contributed by atoms with Gasteiger partial charge in [0.25, 0.3) is 5.91 Å². The Balaban J connectivity index is 1.90. The van der Waals surface area contributed by atoms with E-state index in [1.165, 1.54) is 0 Å². The van der Waals surface area contributed by atoms with E-state index in [2.05, 4.69) is 0 Å². The highest BCUT2D eigenvalue weighted by Crippen LogP contribution is 2.25. The zero-order valence-electron chi connectivity index (χ0n) is 10.4. The lowest BCUT2D eigenvalue weighted by Crippen LogP contribution is -2.43. The molecule has 0 unspecified atom stereocenters. The van der Waals surface area contributed by atoms with Gasteiger partial charge in [0.1, 0.15) is 11.5 Å². The van der Waals surface area contributed by atoms with Crippen molar-refractivity contribution in [2.75, 3.05) is 32.9 Å². The Morgan fingerprint density at radius 3 is 2.89 bits per heavy atom. The molecule has 1 aliphatic heterocycles. The third-order valence-electron chi connectivity index (χ3n) is 2.97. The van der Waals surface area contributed by atoms with Crippen molar-refractivity contribution in [3.63, 3.8) is 0 Å². The fraction of sp³-hybridized carbons (Fsp3) is 0.462. The highest BCUT2D eigenvalue weighted by Gasteiger charge is 2.17. The second kappa shape index (κ2) is 5.73. The molecule has 1 N–H and O–H groups in total. The minimum atomic E-state index is -0.0546. The first-order valence-electron chi connectivity index (χ1n) is 5.95. The smallest absolute Gasteiger partial charge is 0.260 e. The molecule has 5 nitrogen and oxygen atoms in total. The summed E-state index contributed by atoms with van der Waals surface area (Å²) in [6.07, 6.45) is 0. The normalized spacial score (nSPS) is 15.5. The van der Waals surface area contributed by atoms with E-state index in [1.807, 2.05) is 0 Å². The van der Waals surface area contributed by atoms with E-state index in [9.17, 15) is 9.90 Å². The van der Waals surface area contributed by atoms with Gasteiger partial charge in [-0.05, 0) is 19.1 Å². The van der Waals surface area contributed by atoms with Gasteiger partial charge in [-0.3, -0.25) is 4.79 Å². The molecule has 0 aromatic heterocycles. The van der Waals surface area contributed by atoms with Crippen molar-refractivity contribution in [3.8, 4) is 11.5 Å². The van der Waals surface area contributed by atoms with Crippen LogP contribution in [0.3, 0.4) is 0 Å². The van der Waals surface area contributed by atoms with Crippen LogP contribution in [0.1, 0.15) is 5.56 Å². The third kappa shape index (κ3) is 2.92. The summed E-state index contributed by atoms with van der Waals surface area (Å²) in [4.78, 5) is 13.6. The second-order valence-corrected chi connectivity index (χ2v) is 4.18. The molecule has 1 aromatic carbocycles. The predicted molar refractivity (Wildman–Crippen MR) is 65.7 cm³/mol. The van der Waals surface area contributed by atoms with E-state index < -0.39 is 0 Å². The SMILES string of the molecule is Cc1c(O)cccc1OCC(=O)N1CCOCC1. The van der Waals surface area contributed by atoms with Crippen molar-refractivity contribution in [2.45, 2.75) is 6.92 Å². The Morgan fingerprint density at radius 1 is 1.44 bits per heavy atom. The van der Waals surface area contributed by atoms with Gasteiger partial charge < -0.3 is 19.5 Å². The summed E-state index contributed by atoms with van der Waals surface area (Å²) in [7, 11) is 0. The molecule has 0 atom stereocenters. The maximum absolute atomic E-state index is 11.9. The first-order valence-corrected chi connectivity index (χ1v) is 5.95. The lowest BCUT2D eigenvalue weighted by atomic mass is 10.2. The number of carbonyl (C=O) groups is 1. The number of amides is 1. The van der Waals surface area contributed by atoms with Crippen molar-refractivity contribution in [3.05, 3.63) is 23.8 Å². The maximum Gasteiger partial charge on any atom is 0.260 e. The monoisotopic (exact) mass is 251 g/mol.